The SMILES string of the molecule is COc1ccc(-c2nc(N3CC4CN(C(=O)OC(C)(C)C)CC4C3)nc3nc[nH]c23)cc1C(=O)NCCO. The molecule has 2 atom stereocenters. The second kappa shape index (κ2) is 10.1. The number of rotatable bonds is 6. The second-order valence-electron chi connectivity index (χ2n) is 10.7. The second-order valence-corrected chi connectivity index (χ2v) is 10.7. The Morgan fingerprint density at radius 2 is 1.89 bits per heavy atom. The number of imidazole rings is 1. The van der Waals surface area contributed by atoms with Crippen LogP contribution in [-0.2, 0) is 4.74 Å². The highest BCUT2D eigenvalue weighted by Crippen LogP contribution is 2.36. The summed E-state index contributed by atoms with van der Waals surface area (Å²) in [5, 5.41) is 11.8. The molecule has 12 nitrogen and oxygen atoms in total. The maximum absolute atomic E-state index is 12.7. The summed E-state index contributed by atoms with van der Waals surface area (Å²) in [6.45, 7) is 8.30. The van der Waals surface area contributed by atoms with Crippen LogP contribution < -0.4 is 15.0 Å². The van der Waals surface area contributed by atoms with Gasteiger partial charge in [0.15, 0.2) is 5.65 Å². The first-order valence-electron chi connectivity index (χ1n) is 12.7. The van der Waals surface area contributed by atoms with Crippen molar-refractivity contribution in [3.8, 4) is 17.0 Å². The van der Waals surface area contributed by atoms with Crippen LogP contribution in [0, 0.1) is 11.8 Å². The van der Waals surface area contributed by atoms with Gasteiger partial charge in [0.25, 0.3) is 5.91 Å². The number of hydrogen-bond acceptors (Lipinski definition) is 9. The third kappa shape index (κ3) is 5.08. The number of aliphatic hydroxyl groups excluding tert-OH is 1. The molecular formula is C26H33N7O5. The van der Waals surface area contributed by atoms with Crippen LogP contribution in [0.25, 0.3) is 22.4 Å². The van der Waals surface area contributed by atoms with E-state index < -0.39 is 5.60 Å². The zero-order chi connectivity index (χ0) is 27.0. The fourth-order valence-corrected chi connectivity index (χ4v) is 5.10. The minimum absolute atomic E-state index is 0.136. The van der Waals surface area contributed by atoms with E-state index in [9.17, 15) is 9.59 Å². The standard InChI is InChI=1S/C26H33N7O5/c1-26(2,3)38-25(36)33-12-16-10-32(11-17(16)13-33)24-30-20(21-22(31-24)29-14-28-21)15-5-6-19(37-4)18(9-15)23(35)27-7-8-34/h5-6,9,14,16-17,34H,7-8,10-13H2,1-4H3,(H,27,35)(H,28,29,30,31). The van der Waals surface area contributed by atoms with Gasteiger partial charge in [-0.15, -0.1) is 0 Å². The Balaban J connectivity index is 1.40. The number of aliphatic hydroxyl groups is 1. The summed E-state index contributed by atoms with van der Waals surface area (Å²) in [5.41, 5.74) is 2.33. The molecule has 1 aromatic carbocycles. The number of anilines is 1. The summed E-state index contributed by atoms with van der Waals surface area (Å²) >= 11 is 0. The van der Waals surface area contributed by atoms with Crippen molar-refractivity contribution >= 4 is 29.1 Å². The van der Waals surface area contributed by atoms with Gasteiger partial charge in [-0.25, -0.2) is 14.8 Å². The molecule has 0 spiro atoms. The number of methoxy groups -OCH3 is 1. The van der Waals surface area contributed by atoms with Crippen LogP contribution in [0.2, 0.25) is 0 Å². The van der Waals surface area contributed by atoms with Crippen molar-refractivity contribution in [3.05, 3.63) is 30.1 Å². The molecule has 5 rings (SSSR count). The number of likely N-dealkylation sites (tertiary alicyclic amines) is 1. The number of H-pyrrole nitrogens is 1. The van der Waals surface area contributed by atoms with Gasteiger partial charge < -0.3 is 34.7 Å². The number of aromatic nitrogens is 4. The Labute approximate surface area is 220 Å². The molecule has 2 fully saturated rings. The van der Waals surface area contributed by atoms with Gasteiger partial charge in [0.2, 0.25) is 5.95 Å². The summed E-state index contributed by atoms with van der Waals surface area (Å²) in [5.74, 6) is 1.22. The number of fused-ring (bicyclic) bond motifs is 2. The number of carbonyl (C=O) groups excluding carboxylic acids is 2. The normalized spacial score (nSPS) is 19.1. The van der Waals surface area contributed by atoms with Gasteiger partial charge in [0.05, 0.1) is 25.6 Å². The minimum Gasteiger partial charge on any atom is -0.496 e. The van der Waals surface area contributed by atoms with Gasteiger partial charge >= 0.3 is 6.09 Å². The van der Waals surface area contributed by atoms with Crippen molar-refractivity contribution in [3.63, 3.8) is 0 Å². The van der Waals surface area contributed by atoms with Crippen LogP contribution in [0.5, 0.6) is 5.75 Å². The van der Waals surface area contributed by atoms with Crippen molar-refractivity contribution in [1.29, 1.82) is 0 Å². The fourth-order valence-electron chi connectivity index (χ4n) is 5.10. The third-order valence-corrected chi connectivity index (χ3v) is 6.81. The van der Waals surface area contributed by atoms with Crippen molar-refractivity contribution in [2.24, 2.45) is 11.8 Å². The van der Waals surface area contributed by atoms with E-state index in [1.165, 1.54) is 7.11 Å². The maximum atomic E-state index is 12.7. The van der Waals surface area contributed by atoms with E-state index in [0.717, 1.165) is 13.1 Å². The van der Waals surface area contributed by atoms with Gasteiger partial charge in [-0.2, -0.15) is 4.98 Å². The van der Waals surface area contributed by atoms with Crippen molar-refractivity contribution < 1.29 is 24.2 Å². The minimum atomic E-state index is -0.523. The topological polar surface area (TPSA) is 146 Å². The molecule has 0 saturated carbocycles. The molecule has 2 saturated heterocycles. The highest BCUT2D eigenvalue weighted by molar-refractivity contribution is 5.99. The monoisotopic (exact) mass is 523 g/mol. The quantitative estimate of drug-likeness (QED) is 0.442. The number of amides is 2. The Bertz CT molecular complexity index is 1340. The number of carbonyl (C=O) groups is 2. The van der Waals surface area contributed by atoms with Crippen molar-refractivity contribution in [1.82, 2.24) is 30.2 Å². The van der Waals surface area contributed by atoms with Crippen LogP contribution in [0.15, 0.2) is 24.5 Å². The van der Waals surface area contributed by atoms with Crippen molar-refractivity contribution in [2.45, 2.75) is 26.4 Å². The molecule has 202 valence electrons. The largest absolute Gasteiger partial charge is 0.496 e. The summed E-state index contributed by atoms with van der Waals surface area (Å²) in [4.78, 5) is 46.3. The molecule has 38 heavy (non-hydrogen) atoms. The van der Waals surface area contributed by atoms with Gasteiger partial charge in [0, 0.05) is 50.1 Å². The average Bonchev–Trinajstić information content (AvgIpc) is 3.60. The Hall–Kier alpha value is -3.93. The molecule has 4 heterocycles. The first kappa shape index (κ1) is 25.7. The number of aromatic amines is 1. The highest BCUT2D eigenvalue weighted by atomic mass is 16.6. The van der Waals surface area contributed by atoms with E-state index in [4.69, 9.17) is 24.5 Å². The lowest BCUT2D eigenvalue weighted by molar-refractivity contribution is 0.0282. The van der Waals surface area contributed by atoms with E-state index in [2.05, 4.69) is 20.2 Å². The van der Waals surface area contributed by atoms with Gasteiger partial charge in [-0.1, -0.05) is 0 Å². The lowest BCUT2D eigenvalue weighted by atomic mass is 10.0. The molecule has 2 aliphatic rings. The summed E-state index contributed by atoms with van der Waals surface area (Å²) < 4.78 is 10.9. The van der Waals surface area contributed by atoms with E-state index in [0.29, 0.717) is 64.6 Å². The molecule has 12 heteroatoms. The molecule has 0 bridgehead atoms. The summed E-state index contributed by atoms with van der Waals surface area (Å²) in [6.07, 6.45) is 1.30. The van der Waals surface area contributed by atoms with E-state index >= 15 is 0 Å². The molecule has 2 aliphatic heterocycles. The smallest absolute Gasteiger partial charge is 0.410 e. The summed E-state index contributed by atoms with van der Waals surface area (Å²) in [7, 11) is 1.50. The first-order valence-corrected chi connectivity index (χ1v) is 12.7. The first-order chi connectivity index (χ1) is 18.2. The molecule has 3 aromatic rings. The molecule has 2 aromatic heterocycles. The molecule has 2 amide bonds. The van der Waals surface area contributed by atoms with Crippen molar-refractivity contribution in [2.75, 3.05) is 51.3 Å². The fraction of sp³-hybridized carbons (Fsp3) is 0.500. The summed E-state index contributed by atoms with van der Waals surface area (Å²) in [6, 6.07) is 5.28. The number of ether oxygens (including phenoxy) is 2. The van der Waals surface area contributed by atoms with Gasteiger partial charge in [0.1, 0.15) is 22.6 Å². The van der Waals surface area contributed by atoms with E-state index in [-0.39, 0.29) is 25.2 Å². The molecular weight excluding hydrogens is 490 g/mol. The Kier molecular flexibility index (Phi) is 6.82. The van der Waals surface area contributed by atoms with Gasteiger partial charge in [-0.05, 0) is 39.0 Å². The lowest BCUT2D eigenvalue weighted by Crippen LogP contribution is -2.37. The average molecular weight is 524 g/mol. The molecule has 2 unspecified atom stereocenters. The number of benzene rings is 1. The Morgan fingerprint density at radius 1 is 1.16 bits per heavy atom. The zero-order valence-corrected chi connectivity index (χ0v) is 22.0. The lowest BCUT2D eigenvalue weighted by Gasteiger charge is -2.26. The number of nitrogens with zero attached hydrogens (tertiary/aromatic N) is 5. The van der Waals surface area contributed by atoms with E-state index in [1.807, 2.05) is 26.8 Å². The third-order valence-electron chi connectivity index (χ3n) is 6.81. The predicted octanol–water partition coefficient (Wildman–Crippen LogP) is 2.05. The van der Waals surface area contributed by atoms with Crippen LogP contribution in [0.1, 0.15) is 31.1 Å². The van der Waals surface area contributed by atoms with Crippen LogP contribution in [-0.4, -0.2) is 94.0 Å². The van der Waals surface area contributed by atoms with Crippen LogP contribution in [0.3, 0.4) is 0 Å². The molecule has 0 aliphatic carbocycles. The number of hydrogen-bond donors (Lipinski definition) is 3. The molecule has 3 N–H and O–H groups in total. The maximum Gasteiger partial charge on any atom is 0.410 e. The Morgan fingerprint density at radius 3 is 2.55 bits per heavy atom. The zero-order valence-electron chi connectivity index (χ0n) is 22.0. The van der Waals surface area contributed by atoms with E-state index in [1.54, 1.807) is 23.4 Å². The van der Waals surface area contributed by atoms with Gasteiger partial charge in [-0.3, -0.25) is 4.79 Å². The van der Waals surface area contributed by atoms with Crippen LogP contribution in [0.4, 0.5) is 10.7 Å². The highest BCUT2D eigenvalue weighted by Gasteiger charge is 2.43. The number of nitrogens with one attached hydrogen (secondary N) is 2. The van der Waals surface area contributed by atoms with Crippen LogP contribution >= 0.6 is 0 Å². The molecule has 0 radical (unpaired) electrons. The predicted molar refractivity (Wildman–Crippen MR) is 140 cm³/mol.